The lowest BCUT2D eigenvalue weighted by atomic mass is 10.2. The summed E-state index contributed by atoms with van der Waals surface area (Å²) in [4.78, 5) is 35.5. The van der Waals surface area contributed by atoms with Crippen molar-refractivity contribution in [3.8, 4) is 28.7 Å². The Morgan fingerprint density at radius 3 is 2.84 bits per heavy atom. The second-order valence-electron chi connectivity index (χ2n) is 7.65. The summed E-state index contributed by atoms with van der Waals surface area (Å²) in [5, 5.41) is 13.4. The molecule has 0 aliphatic heterocycles. The maximum absolute atomic E-state index is 12.3. The molecule has 0 atom stereocenters. The van der Waals surface area contributed by atoms with Gasteiger partial charge in [-0.05, 0) is 31.9 Å². The van der Waals surface area contributed by atoms with E-state index in [-0.39, 0.29) is 23.3 Å². The normalized spacial score (nSPS) is 13.7. The SMILES string of the molecule is Cc1c(-c2nc(-c3cn(C4CC4)c(=O)[nH]c3=O)no2)nnn1-c1cccc2cccnc12. The van der Waals surface area contributed by atoms with Gasteiger partial charge in [0.05, 0.1) is 16.9 Å². The number of aromatic nitrogens is 8. The van der Waals surface area contributed by atoms with Crippen molar-refractivity contribution in [2.45, 2.75) is 25.8 Å². The predicted octanol–water partition coefficient (Wildman–Crippen LogP) is 2.03. The van der Waals surface area contributed by atoms with Gasteiger partial charge in [-0.2, -0.15) is 4.98 Å². The van der Waals surface area contributed by atoms with E-state index in [0.29, 0.717) is 11.4 Å². The molecule has 4 aromatic heterocycles. The quantitative estimate of drug-likeness (QED) is 0.459. The van der Waals surface area contributed by atoms with Crippen LogP contribution < -0.4 is 11.2 Å². The molecule has 6 rings (SSSR count). The Hall–Kier alpha value is -4.41. The summed E-state index contributed by atoms with van der Waals surface area (Å²) in [5.74, 6) is 0.206. The smallest absolute Gasteiger partial charge is 0.328 e. The zero-order valence-corrected chi connectivity index (χ0v) is 16.9. The maximum atomic E-state index is 12.3. The van der Waals surface area contributed by atoms with Crippen LogP contribution in [0.1, 0.15) is 24.6 Å². The van der Waals surface area contributed by atoms with E-state index < -0.39 is 11.2 Å². The fourth-order valence-corrected chi connectivity index (χ4v) is 3.71. The molecule has 5 aromatic rings. The summed E-state index contributed by atoms with van der Waals surface area (Å²) in [6.07, 6.45) is 5.00. The molecule has 1 aliphatic rings. The molecule has 0 bridgehead atoms. The van der Waals surface area contributed by atoms with Gasteiger partial charge in [0, 0.05) is 23.8 Å². The van der Waals surface area contributed by atoms with Crippen LogP contribution in [0, 0.1) is 6.92 Å². The highest BCUT2D eigenvalue weighted by molar-refractivity contribution is 5.86. The number of nitrogens with zero attached hydrogens (tertiary/aromatic N) is 7. The van der Waals surface area contributed by atoms with Gasteiger partial charge < -0.3 is 4.52 Å². The van der Waals surface area contributed by atoms with Crippen LogP contribution >= 0.6 is 0 Å². The number of rotatable bonds is 4. The molecule has 1 N–H and O–H groups in total. The molecule has 32 heavy (non-hydrogen) atoms. The molecule has 0 spiro atoms. The predicted molar refractivity (Wildman–Crippen MR) is 113 cm³/mol. The van der Waals surface area contributed by atoms with Gasteiger partial charge >= 0.3 is 5.69 Å². The number of pyridine rings is 1. The van der Waals surface area contributed by atoms with Crippen molar-refractivity contribution >= 4 is 10.9 Å². The van der Waals surface area contributed by atoms with Crippen molar-refractivity contribution in [1.82, 2.24) is 39.7 Å². The highest BCUT2D eigenvalue weighted by atomic mass is 16.5. The van der Waals surface area contributed by atoms with Crippen molar-refractivity contribution in [1.29, 1.82) is 0 Å². The first kappa shape index (κ1) is 18.4. The van der Waals surface area contributed by atoms with Gasteiger partial charge in [-0.1, -0.05) is 28.6 Å². The molecule has 1 saturated carbocycles. The number of aromatic amines is 1. The fraction of sp³-hybridized carbons (Fsp3) is 0.190. The third kappa shape index (κ3) is 2.86. The third-order valence-corrected chi connectivity index (χ3v) is 5.51. The van der Waals surface area contributed by atoms with Gasteiger partial charge in [0.1, 0.15) is 5.56 Å². The van der Waals surface area contributed by atoms with Crippen LogP contribution in [0.25, 0.3) is 39.6 Å². The number of fused-ring (bicyclic) bond motifs is 1. The summed E-state index contributed by atoms with van der Waals surface area (Å²) < 4.78 is 8.55. The molecular formula is C21H16N8O3. The minimum atomic E-state index is -0.568. The molecule has 1 aliphatic carbocycles. The molecule has 1 aromatic carbocycles. The minimum absolute atomic E-state index is 0.0800. The van der Waals surface area contributed by atoms with E-state index in [2.05, 4.69) is 30.4 Å². The molecule has 0 radical (unpaired) electrons. The molecule has 0 unspecified atom stereocenters. The molecule has 11 heteroatoms. The first-order valence-corrected chi connectivity index (χ1v) is 10.1. The van der Waals surface area contributed by atoms with E-state index in [4.69, 9.17) is 4.52 Å². The summed E-state index contributed by atoms with van der Waals surface area (Å²) >= 11 is 0. The van der Waals surface area contributed by atoms with Crippen molar-refractivity contribution in [2.75, 3.05) is 0 Å². The number of hydrogen-bond acceptors (Lipinski definition) is 8. The number of H-pyrrole nitrogens is 1. The maximum Gasteiger partial charge on any atom is 0.328 e. The summed E-state index contributed by atoms with van der Waals surface area (Å²) in [7, 11) is 0. The molecule has 11 nitrogen and oxygen atoms in total. The molecule has 4 heterocycles. The lowest BCUT2D eigenvalue weighted by Crippen LogP contribution is -2.30. The van der Waals surface area contributed by atoms with E-state index in [9.17, 15) is 9.59 Å². The van der Waals surface area contributed by atoms with E-state index in [0.717, 1.165) is 29.4 Å². The third-order valence-electron chi connectivity index (χ3n) is 5.51. The molecule has 1 fully saturated rings. The Morgan fingerprint density at radius 2 is 2.00 bits per heavy atom. The fourth-order valence-electron chi connectivity index (χ4n) is 3.71. The van der Waals surface area contributed by atoms with Crippen LogP contribution in [0.2, 0.25) is 0 Å². The van der Waals surface area contributed by atoms with Crippen molar-refractivity contribution in [3.05, 3.63) is 69.3 Å². The number of nitrogens with one attached hydrogen (secondary N) is 1. The van der Waals surface area contributed by atoms with Gasteiger partial charge in [0.2, 0.25) is 5.82 Å². The monoisotopic (exact) mass is 428 g/mol. The standard InChI is InChI=1S/C21H16N8O3/c1-11-16(25-27-29(11)15-6-2-4-12-5-3-9-22-17(12)15)20-23-18(26-32-20)14-10-28(13-7-8-13)21(31)24-19(14)30/h2-6,9-10,13H,7-8H2,1H3,(H,24,30,31). The van der Waals surface area contributed by atoms with E-state index in [1.54, 1.807) is 10.9 Å². The number of para-hydroxylation sites is 1. The summed E-state index contributed by atoms with van der Waals surface area (Å²) in [6, 6.07) is 9.75. The van der Waals surface area contributed by atoms with E-state index in [1.165, 1.54) is 10.8 Å². The largest absolute Gasteiger partial charge is 0.332 e. The lowest BCUT2D eigenvalue weighted by molar-refractivity contribution is 0.430. The van der Waals surface area contributed by atoms with Crippen LogP contribution in [-0.2, 0) is 0 Å². The highest BCUT2D eigenvalue weighted by Crippen LogP contribution is 2.33. The Balaban J connectivity index is 1.42. The zero-order chi connectivity index (χ0) is 21.8. The Morgan fingerprint density at radius 1 is 1.16 bits per heavy atom. The van der Waals surface area contributed by atoms with Crippen LogP contribution in [0.5, 0.6) is 0 Å². The Kier molecular flexibility index (Phi) is 3.90. The summed E-state index contributed by atoms with van der Waals surface area (Å²) in [6.45, 7) is 1.83. The highest BCUT2D eigenvalue weighted by Gasteiger charge is 2.27. The zero-order valence-electron chi connectivity index (χ0n) is 16.9. The van der Waals surface area contributed by atoms with Gasteiger partial charge in [-0.15, -0.1) is 5.10 Å². The van der Waals surface area contributed by atoms with Crippen molar-refractivity contribution < 1.29 is 4.52 Å². The first-order chi connectivity index (χ1) is 15.6. The summed E-state index contributed by atoms with van der Waals surface area (Å²) in [5.41, 5.74) is 1.78. The van der Waals surface area contributed by atoms with E-state index in [1.807, 2.05) is 37.3 Å². The molecule has 158 valence electrons. The van der Waals surface area contributed by atoms with Crippen LogP contribution in [0.15, 0.2) is 56.8 Å². The Bertz CT molecular complexity index is 1600. The van der Waals surface area contributed by atoms with Crippen molar-refractivity contribution in [3.63, 3.8) is 0 Å². The number of hydrogen-bond donors (Lipinski definition) is 1. The second kappa shape index (κ2) is 6.80. The lowest BCUT2D eigenvalue weighted by Gasteiger charge is -2.06. The van der Waals surface area contributed by atoms with Crippen LogP contribution in [-0.4, -0.2) is 39.7 Å². The van der Waals surface area contributed by atoms with Gasteiger partial charge in [0.15, 0.2) is 5.69 Å². The van der Waals surface area contributed by atoms with Crippen LogP contribution in [0.4, 0.5) is 0 Å². The second-order valence-corrected chi connectivity index (χ2v) is 7.65. The van der Waals surface area contributed by atoms with Crippen LogP contribution in [0.3, 0.4) is 0 Å². The van der Waals surface area contributed by atoms with Gasteiger partial charge in [-0.25, -0.2) is 9.48 Å². The average Bonchev–Trinajstić information content (AvgIpc) is 3.40. The number of benzene rings is 1. The molecule has 0 amide bonds. The topological polar surface area (TPSA) is 137 Å². The minimum Gasteiger partial charge on any atom is -0.332 e. The van der Waals surface area contributed by atoms with E-state index >= 15 is 0 Å². The van der Waals surface area contributed by atoms with Crippen molar-refractivity contribution in [2.24, 2.45) is 0 Å². The molecular weight excluding hydrogens is 412 g/mol. The Labute approximate surface area is 179 Å². The molecule has 0 saturated heterocycles. The first-order valence-electron chi connectivity index (χ1n) is 10.1. The van der Waals surface area contributed by atoms with Gasteiger partial charge in [-0.3, -0.25) is 19.3 Å². The average molecular weight is 428 g/mol. The van der Waals surface area contributed by atoms with Gasteiger partial charge in [0.25, 0.3) is 11.4 Å².